The molecule has 1 fully saturated rings. The molecule has 0 aliphatic carbocycles. The van der Waals surface area contributed by atoms with Crippen LogP contribution in [-0.4, -0.2) is 35.2 Å². The molecule has 0 saturated carbocycles. The maximum Gasteiger partial charge on any atom is 0.264 e. The average molecular weight is 483 g/mol. The normalized spacial score (nSPS) is 16.2. The molecule has 30 heavy (non-hydrogen) atoms. The van der Waals surface area contributed by atoms with Crippen molar-refractivity contribution >= 4 is 50.7 Å². The molecule has 0 bridgehead atoms. The molecular weight excluding hydrogens is 464 g/mol. The van der Waals surface area contributed by atoms with E-state index >= 15 is 0 Å². The second kappa shape index (κ2) is 8.93. The lowest BCUT2D eigenvalue weighted by molar-refractivity contribution is -0.122. The monoisotopic (exact) mass is 482 g/mol. The summed E-state index contributed by atoms with van der Waals surface area (Å²) in [4.78, 5) is 42.5. The van der Waals surface area contributed by atoms with Gasteiger partial charge < -0.3 is 4.90 Å². The first-order valence-electron chi connectivity index (χ1n) is 9.55. The maximum absolute atomic E-state index is 13.2. The summed E-state index contributed by atoms with van der Waals surface area (Å²) in [6, 6.07) is 19.6. The lowest BCUT2D eigenvalue weighted by atomic mass is 10.1. The molecule has 1 aliphatic heterocycles. The summed E-state index contributed by atoms with van der Waals surface area (Å²) in [6.45, 7) is 0.360. The molecule has 3 amide bonds. The number of carbonyl (C=O) groups excluding carboxylic acids is 3. The van der Waals surface area contributed by atoms with Gasteiger partial charge in [0, 0.05) is 11.0 Å². The van der Waals surface area contributed by atoms with Crippen molar-refractivity contribution in [3.05, 3.63) is 87.0 Å². The van der Waals surface area contributed by atoms with E-state index in [4.69, 9.17) is 0 Å². The van der Waals surface area contributed by atoms with E-state index < -0.39 is 6.04 Å². The molecule has 1 aromatic heterocycles. The number of hydrogen-bond donors (Lipinski definition) is 0. The third kappa shape index (κ3) is 4.22. The van der Waals surface area contributed by atoms with Crippen molar-refractivity contribution in [3.63, 3.8) is 0 Å². The van der Waals surface area contributed by atoms with Crippen molar-refractivity contribution < 1.29 is 14.4 Å². The molecule has 0 N–H and O–H groups in total. The zero-order valence-corrected chi connectivity index (χ0v) is 18.4. The SMILES string of the molecule is O=C1CC(N(CCc2ccccc2)C(=O)c2cccs2)C(=O)N1c1ccc(Br)cc1. The minimum absolute atomic E-state index is 0.0131. The molecular formula is C23H19BrN2O3S. The van der Waals surface area contributed by atoms with E-state index in [0.29, 0.717) is 23.5 Å². The number of carbonyl (C=O) groups is 3. The third-order valence-corrected chi connectivity index (χ3v) is 6.45. The van der Waals surface area contributed by atoms with Crippen molar-refractivity contribution in [2.45, 2.75) is 18.9 Å². The Morgan fingerprint density at radius 2 is 1.77 bits per heavy atom. The Morgan fingerprint density at radius 1 is 1.03 bits per heavy atom. The van der Waals surface area contributed by atoms with E-state index in [9.17, 15) is 14.4 Å². The Labute approximate surface area is 187 Å². The summed E-state index contributed by atoms with van der Waals surface area (Å²) < 4.78 is 0.860. The summed E-state index contributed by atoms with van der Waals surface area (Å²) in [5, 5.41) is 1.83. The first-order valence-corrected chi connectivity index (χ1v) is 11.2. The number of nitrogens with zero attached hydrogens (tertiary/aromatic N) is 2. The topological polar surface area (TPSA) is 57.7 Å². The standard InChI is InChI=1S/C23H19BrN2O3S/c24-17-8-10-18(11-9-17)26-21(27)15-19(22(26)28)25(23(29)20-7-4-14-30-20)13-12-16-5-2-1-3-6-16/h1-11,14,19H,12-13,15H2. The van der Waals surface area contributed by atoms with Gasteiger partial charge in [0.15, 0.2) is 0 Å². The van der Waals surface area contributed by atoms with E-state index in [1.54, 1.807) is 35.2 Å². The molecule has 1 aliphatic rings. The van der Waals surface area contributed by atoms with Crippen molar-refractivity contribution in [2.75, 3.05) is 11.4 Å². The van der Waals surface area contributed by atoms with Gasteiger partial charge in [-0.3, -0.25) is 14.4 Å². The van der Waals surface area contributed by atoms with Crippen molar-refractivity contribution in [3.8, 4) is 0 Å². The summed E-state index contributed by atoms with van der Waals surface area (Å²) in [6.07, 6.45) is 0.592. The number of anilines is 1. The molecule has 7 heteroatoms. The molecule has 1 saturated heterocycles. The zero-order valence-electron chi connectivity index (χ0n) is 16.0. The Balaban J connectivity index is 1.61. The molecule has 152 valence electrons. The molecule has 3 aromatic rings. The number of thiophene rings is 1. The van der Waals surface area contributed by atoms with Crippen LogP contribution in [0.4, 0.5) is 5.69 Å². The maximum atomic E-state index is 13.2. The number of benzene rings is 2. The first-order chi connectivity index (χ1) is 14.5. The number of hydrogen-bond acceptors (Lipinski definition) is 4. The highest BCUT2D eigenvalue weighted by Gasteiger charge is 2.44. The number of halogens is 1. The number of imide groups is 1. The van der Waals surface area contributed by atoms with Gasteiger partial charge in [0.25, 0.3) is 11.8 Å². The van der Waals surface area contributed by atoms with Gasteiger partial charge in [0.1, 0.15) is 6.04 Å². The summed E-state index contributed by atoms with van der Waals surface area (Å²) >= 11 is 4.70. The smallest absolute Gasteiger partial charge is 0.264 e. The highest BCUT2D eigenvalue weighted by atomic mass is 79.9. The fraction of sp³-hybridized carbons (Fsp3) is 0.174. The zero-order chi connectivity index (χ0) is 21.1. The van der Waals surface area contributed by atoms with Crippen LogP contribution in [0.3, 0.4) is 0 Å². The second-order valence-corrected chi connectivity index (χ2v) is 8.84. The van der Waals surface area contributed by atoms with Gasteiger partial charge in [0.2, 0.25) is 5.91 Å². The van der Waals surface area contributed by atoms with E-state index in [-0.39, 0.29) is 24.1 Å². The Kier molecular flexibility index (Phi) is 6.11. The minimum atomic E-state index is -0.806. The second-order valence-electron chi connectivity index (χ2n) is 6.98. The Morgan fingerprint density at radius 3 is 2.43 bits per heavy atom. The van der Waals surface area contributed by atoms with Gasteiger partial charge in [-0.25, -0.2) is 4.90 Å². The molecule has 2 heterocycles. The lowest BCUT2D eigenvalue weighted by Gasteiger charge is -2.27. The fourth-order valence-corrected chi connectivity index (χ4v) is 4.50. The highest BCUT2D eigenvalue weighted by molar-refractivity contribution is 9.10. The van der Waals surface area contributed by atoms with Crippen LogP contribution in [0, 0.1) is 0 Å². The van der Waals surface area contributed by atoms with E-state index in [0.717, 1.165) is 10.0 Å². The van der Waals surface area contributed by atoms with Crippen LogP contribution in [0.25, 0.3) is 0 Å². The third-order valence-electron chi connectivity index (χ3n) is 5.06. The molecule has 1 atom stereocenters. The molecule has 4 rings (SSSR count). The minimum Gasteiger partial charge on any atom is -0.325 e. The number of amides is 3. The summed E-state index contributed by atoms with van der Waals surface area (Å²) in [7, 11) is 0. The van der Waals surface area contributed by atoms with Crippen LogP contribution in [0.5, 0.6) is 0 Å². The van der Waals surface area contributed by atoms with Crippen LogP contribution < -0.4 is 4.90 Å². The quantitative estimate of drug-likeness (QED) is 0.485. The van der Waals surface area contributed by atoms with Crippen LogP contribution in [-0.2, 0) is 16.0 Å². The predicted molar refractivity (Wildman–Crippen MR) is 121 cm³/mol. The van der Waals surface area contributed by atoms with Crippen LogP contribution in [0.1, 0.15) is 21.7 Å². The van der Waals surface area contributed by atoms with Gasteiger partial charge >= 0.3 is 0 Å². The molecule has 0 spiro atoms. The summed E-state index contributed by atoms with van der Waals surface area (Å²) in [5.41, 5.74) is 1.59. The van der Waals surface area contributed by atoms with Crippen molar-refractivity contribution in [1.82, 2.24) is 4.90 Å². The van der Waals surface area contributed by atoms with Gasteiger partial charge in [-0.15, -0.1) is 11.3 Å². The predicted octanol–water partition coefficient (Wildman–Crippen LogP) is 4.53. The fourth-order valence-electron chi connectivity index (χ4n) is 3.56. The Hall–Kier alpha value is -2.77. The van der Waals surface area contributed by atoms with Crippen LogP contribution >= 0.6 is 27.3 Å². The van der Waals surface area contributed by atoms with Gasteiger partial charge in [-0.1, -0.05) is 52.3 Å². The van der Waals surface area contributed by atoms with Gasteiger partial charge in [0.05, 0.1) is 17.0 Å². The van der Waals surface area contributed by atoms with E-state index in [1.165, 1.54) is 16.2 Å². The highest BCUT2D eigenvalue weighted by Crippen LogP contribution is 2.28. The van der Waals surface area contributed by atoms with E-state index in [1.807, 2.05) is 41.8 Å². The number of rotatable bonds is 6. The lowest BCUT2D eigenvalue weighted by Crippen LogP contribution is -2.46. The van der Waals surface area contributed by atoms with Crippen molar-refractivity contribution in [2.24, 2.45) is 0 Å². The van der Waals surface area contributed by atoms with Gasteiger partial charge in [-0.2, -0.15) is 0 Å². The van der Waals surface area contributed by atoms with Crippen molar-refractivity contribution in [1.29, 1.82) is 0 Å². The Bertz CT molecular complexity index is 1050. The molecule has 5 nitrogen and oxygen atoms in total. The molecule has 1 unspecified atom stereocenters. The van der Waals surface area contributed by atoms with Gasteiger partial charge in [-0.05, 0) is 47.7 Å². The largest absolute Gasteiger partial charge is 0.325 e. The first kappa shape index (κ1) is 20.5. The summed E-state index contributed by atoms with van der Waals surface area (Å²) in [5.74, 6) is -0.874. The van der Waals surface area contributed by atoms with E-state index in [2.05, 4.69) is 15.9 Å². The van der Waals surface area contributed by atoms with Crippen LogP contribution in [0.2, 0.25) is 0 Å². The molecule has 2 aromatic carbocycles. The van der Waals surface area contributed by atoms with Crippen LogP contribution in [0.15, 0.2) is 76.6 Å². The molecule has 0 radical (unpaired) electrons. The average Bonchev–Trinajstić information content (AvgIpc) is 3.39.